The van der Waals surface area contributed by atoms with E-state index in [1.165, 1.54) is 30.6 Å². The lowest BCUT2D eigenvalue weighted by atomic mass is 9.68. The second-order valence-corrected chi connectivity index (χ2v) is 9.89. The SMILES string of the molecule is CCN(CC12CCC(c3cc(-c4c(F)cccc4F)nnc31)C2(C)C)C(=O)C(O)c1ncccn1. The number of carbonyl (C=O) groups is 1. The van der Waals surface area contributed by atoms with E-state index in [2.05, 4.69) is 34.0 Å². The lowest BCUT2D eigenvalue weighted by Crippen LogP contribution is -2.49. The Bertz CT molecular complexity index is 1270. The quantitative estimate of drug-likeness (QED) is 0.576. The van der Waals surface area contributed by atoms with Gasteiger partial charge in [-0.3, -0.25) is 4.79 Å². The Morgan fingerprint density at radius 1 is 1.17 bits per heavy atom. The Hall–Kier alpha value is -3.33. The predicted octanol–water partition coefficient (Wildman–Crippen LogP) is 3.95. The fourth-order valence-corrected chi connectivity index (χ4v) is 6.05. The van der Waals surface area contributed by atoms with Crippen LogP contribution >= 0.6 is 0 Å². The molecule has 35 heavy (non-hydrogen) atoms. The van der Waals surface area contributed by atoms with E-state index in [1.807, 2.05) is 6.92 Å². The van der Waals surface area contributed by atoms with Gasteiger partial charge in [-0.25, -0.2) is 18.7 Å². The number of aliphatic hydroxyl groups is 1. The molecule has 2 aliphatic rings. The second kappa shape index (κ2) is 8.41. The third-order valence-electron chi connectivity index (χ3n) is 8.05. The largest absolute Gasteiger partial charge is 0.376 e. The van der Waals surface area contributed by atoms with Crippen molar-refractivity contribution in [2.45, 2.75) is 51.0 Å². The summed E-state index contributed by atoms with van der Waals surface area (Å²) in [6.45, 7) is 6.87. The molecule has 7 nitrogen and oxygen atoms in total. The van der Waals surface area contributed by atoms with E-state index >= 15 is 0 Å². The third-order valence-corrected chi connectivity index (χ3v) is 8.05. The van der Waals surface area contributed by atoms with Crippen LogP contribution in [-0.4, -0.2) is 49.2 Å². The number of benzene rings is 1. The molecular formula is C26H27F2N5O2. The minimum Gasteiger partial charge on any atom is -0.376 e. The van der Waals surface area contributed by atoms with Crippen LogP contribution in [0.1, 0.15) is 62.7 Å². The molecule has 1 amide bonds. The summed E-state index contributed by atoms with van der Waals surface area (Å²) in [6.07, 6.45) is 3.16. The summed E-state index contributed by atoms with van der Waals surface area (Å²) in [5.41, 5.74) is 0.875. The molecule has 3 unspecified atom stereocenters. The van der Waals surface area contributed by atoms with Crippen LogP contribution in [0.5, 0.6) is 0 Å². The van der Waals surface area contributed by atoms with E-state index in [-0.39, 0.29) is 28.4 Å². The Morgan fingerprint density at radius 3 is 2.51 bits per heavy atom. The highest BCUT2D eigenvalue weighted by molar-refractivity contribution is 5.81. The van der Waals surface area contributed by atoms with Gasteiger partial charge in [0.15, 0.2) is 11.9 Å². The van der Waals surface area contributed by atoms with Crippen LogP contribution in [-0.2, 0) is 10.2 Å². The number of hydrogen-bond acceptors (Lipinski definition) is 6. The van der Waals surface area contributed by atoms with Crippen molar-refractivity contribution in [3.05, 3.63) is 71.4 Å². The highest BCUT2D eigenvalue weighted by atomic mass is 19.1. The van der Waals surface area contributed by atoms with Crippen molar-refractivity contribution in [3.8, 4) is 11.3 Å². The van der Waals surface area contributed by atoms with Crippen LogP contribution in [0.2, 0.25) is 0 Å². The number of halogens is 2. The fourth-order valence-electron chi connectivity index (χ4n) is 6.05. The molecule has 2 bridgehead atoms. The van der Waals surface area contributed by atoms with Crippen LogP contribution in [0.4, 0.5) is 8.78 Å². The maximum Gasteiger partial charge on any atom is 0.259 e. The first-order chi connectivity index (χ1) is 16.7. The summed E-state index contributed by atoms with van der Waals surface area (Å²) in [6, 6.07) is 7.10. The van der Waals surface area contributed by atoms with Crippen molar-refractivity contribution in [2.24, 2.45) is 5.41 Å². The van der Waals surface area contributed by atoms with Crippen LogP contribution in [0.3, 0.4) is 0 Å². The Labute approximate surface area is 202 Å². The number of hydrogen-bond donors (Lipinski definition) is 1. The molecule has 1 N–H and O–H groups in total. The molecule has 5 rings (SSSR count). The maximum absolute atomic E-state index is 14.4. The molecule has 2 aromatic heterocycles. The van der Waals surface area contributed by atoms with E-state index < -0.39 is 29.1 Å². The second-order valence-electron chi connectivity index (χ2n) is 9.89. The molecule has 2 heterocycles. The number of aromatic nitrogens is 4. The van der Waals surface area contributed by atoms with E-state index in [4.69, 9.17) is 0 Å². The van der Waals surface area contributed by atoms with Gasteiger partial charge >= 0.3 is 0 Å². The van der Waals surface area contributed by atoms with Gasteiger partial charge < -0.3 is 10.0 Å². The molecule has 0 saturated heterocycles. The molecule has 9 heteroatoms. The standard InChI is InChI=1S/C26H27F2N5O2/c1-4-33(24(35)21(34)23-29-11-6-12-30-23)14-26-10-9-16(25(26,2)3)15-13-19(31-32-22(15)26)20-17(27)7-5-8-18(20)28/h5-8,11-13,16,21,34H,4,9-10,14H2,1-3H3. The topological polar surface area (TPSA) is 92.1 Å². The first-order valence-corrected chi connectivity index (χ1v) is 11.8. The molecule has 0 spiro atoms. The normalized spacial score (nSPS) is 22.6. The van der Waals surface area contributed by atoms with Crippen molar-refractivity contribution >= 4 is 5.91 Å². The first kappa shape index (κ1) is 23.4. The summed E-state index contributed by atoms with van der Waals surface area (Å²) in [4.78, 5) is 22.9. The molecular weight excluding hydrogens is 452 g/mol. The number of carbonyl (C=O) groups excluding carboxylic acids is 1. The van der Waals surface area contributed by atoms with Gasteiger partial charge in [-0.15, -0.1) is 0 Å². The predicted molar refractivity (Wildman–Crippen MR) is 124 cm³/mol. The van der Waals surface area contributed by atoms with Gasteiger partial charge in [0.25, 0.3) is 5.91 Å². The molecule has 3 atom stereocenters. The lowest BCUT2D eigenvalue weighted by molar-refractivity contribution is -0.142. The van der Waals surface area contributed by atoms with Crippen LogP contribution in [0.25, 0.3) is 11.3 Å². The monoisotopic (exact) mass is 479 g/mol. The number of fused-ring (bicyclic) bond motifs is 5. The smallest absolute Gasteiger partial charge is 0.259 e. The van der Waals surface area contributed by atoms with Crippen molar-refractivity contribution < 1.29 is 18.7 Å². The number of rotatable bonds is 6. The molecule has 2 aliphatic carbocycles. The van der Waals surface area contributed by atoms with E-state index in [9.17, 15) is 18.7 Å². The average molecular weight is 480 g/mol. The molecule has 1 saturated carbocycles. The molecule has 182 valence electrons. The molecule has 0 aliphatic heterocycles. The summed E-state index contributed by atoms with van der Waals surface area (Å²) in [7, 11) is 0. The van der Waals surface area contributed by atoms with Crippen molar-refractivity contribution in [1.82, 2.24) is 25.1 Å². The van der Waals surface area contributed by atoms with Gasteiger partial charge in [0.2, 0.25) is 0 Å². The van der Waals surface area contributed by atoms with Crippen molar-refractivity contribution in [1.29, 1.82) is 0 Å². The summed E-state index contributed by atoms with van der Waals surface area (Å²) in [5, 5.41) is 19.4. The van der Waals surface area contributed by atoms with Crippen molar-refractivity contribution in [2.75, 3.05) is 13.1 Å². The minimum absolute atomic E-state index is 0.0557. The number of aliphatic hydroxyl groups excluding tert-OH is 1. The maximum atomic E-state index is 14.4. The summed E-state index contributed by atoms with van der Waals surface area (Å²) < 4.78 is 28.9. The minimum atomic E-state index is -1.47. The van der Waals surface area contributed by atoms with Crippen LogP contribution < -0.4 is 0 Å². The summed E-state index contributed by atoms with van der Waals surface area (Å²) >= 11 is 0. The fraction of sp³-hybridized carbons (Fsp3) is 0.423. The van der Waals surface area contributed by atoms with Gasteiger partial charge in [0.05, 0.1) is 17.0 Å². The number of nitrogens with zero attached hydrogens (tertiary/aromatic N) is 5. The molecule has 1 fully saturated rings. The van der Waals surface area contributed by atoms with Gasteiger partial charge in [-0.05, 0) is 60.9 Å². The summed E-state index contributed by atoms with van der Waals surface area (Å²) in [5.74, 6) is -1.68. The van der Waals surface area contributed by atoms with E-state index in [1.54, 1.807) is 17.0 Å². The van der Waals surface area contributed by atoms with Gasteiger partial charge in [-0.1, -0.05) is 19.9 Å². The Morgan fingerprint density at radius 2 is 1.86 bits per heavy atom. The van der Waals surface area contributed by atoms with E-state index in [0.29, 0.717) is 13.1 Å². The Balaban J connectivity index is 1.52. The van der Waals surface area contributed by atoms with Gasteiger partial charge in [0.1, 0.15) is 11.6 Å². The molecule has 0 radical (unpaired) electrons. The average Bonchev–Trinajstić information content (AvgIpc) is 3.21. The third kappa shape index (κ3) is 3.43. The first-order valence-electron chi connectivity index (χ1n) is 11.8. The number of amides is 1. The van der Waals surface area contributed by atoms with E-state index in [0.717, 1.165) is 24.1 Å². The molecule has 1 aromatic carbocycles. The Kier molecular flexibility index (Phi) is 5.62. The van der Waals surface area contributed by atoms with Crippen LogP contribution in [0.15, 0.2) is 42.7 Å². The zero-order valence-corrected chi connectivity index (χ0v) is 19.9. The zero-order valence-electron chi connectivity index (χ0n) is 19.9. The van der Waals surface area contributed by atoms with Crippen molar-refractivity contribution in [3.63, 3.8) is 0 Å². The lowest BCUT2D eigenvalue weighted by Gasteiger charge is -2.41. The van der Waals surface area contributed by atoms with Gasteiger partial charge in [0, 0.05) is 30.9 Å². The highest BCUT2D eigenvalue weighted by Gasteiger charge is 2.64. The van der Waals surface area contributed by atoms with Gasteiger partial charge in [-0.2, -0.15) is 10.2 Å². The van der Waals surface area contributed by atoms with Crippen LogP contribution in [0, 0.1) is 17.0 Å². The highest BCUT2D eigenvalue weighted by Crippen LogP contribution is 2.67. The number of likely N-dealkylation sites (N-methyl/N-ethyl adjacent to an activating group) is 1. The molecule has 3 aromatic rings. The zero-order chi connectivity index (χ0) is 25.0.